The van der Waals surface area contributed by atoms with Crippen LogP contribution in [-0.2, 0) is 4.74 Å². The molecule has 2 atom stereocenters. The number of hydrogen-bond donors (Lipinski definition) is 1. The van der Waals surface area contributed by atoms with Crippen LogP contribution >= 0.6 is 0 Å². The molecule has 0 bridgehead atoms. The monoisotopic (exact) mass is 250 g/mol. The van der Waals surface area contributed by atoms with Gasteiger partial charge in [-0.25, -0.2) is 0 Å². The number of ether oxygens (including phenoxy) is 1. The Labute approximate surface area is 111 Å². The molecule has 3 heteroatoms. The fourth-order valence-corrected chi connectivity index (χ4v) is 2.85. The van der Waals surface area contributed by atoms with Crippen LogP contribution in [0.5, 0.6) is 0 Å². The van der Waals surface area contributed by atoms with Gasteiger partial charge in [-0.05, 0) is 38.5 Å². The third-order valence-corrected chi connectivity index (χ3v) is 4.08. The molecule has 0 radical (unpaired) electrons. The van der Waals surface area contributed by atoms with Crippen molar-refractivity contribution in [3.05, 3.63) is 0 Å². The van der Waals surface area contributed by atoms with Gasteiger partial charge in [0.25, 0.3) is 0 Å². The summed E-state index contributed by atoms with van der Waals surface area (Å²) in [5.74, 6) is 0. The minimum atomic E-state index is -0.297. The Balaban J connectivity index is 1.77. The van der Waals surface area contributed by atoms with Crippen molar-refractivity contribution in [2.75, 3.05) is 6.61 Å². The molecule has 2 aliphatic rings. The van der Waals surface area contributed by atoms with Gasteiger partial charge in [-0.1, -0.05) is 19.8 Å². The fourth-order valence-electron chi connectivity index (χ4n) is 2.85. The maximum Gasteiger partial charge on any atom is 0.109 e. The molecular weight excluding hydrogens is 224 g/mol. The minimum Gasteiger partial charge on any atom is -0.378 e. The lowest BCUT2D eigenvalue weighted by atomic mass is 9.81. The summed E-state index contributed by atoms with van der Waals surface area (Å²) in [6.45, 7) is 3.07. The quantitative estimate of drug-likeness (QED) is 0.706. The lowest BCUT2D eigenvalue weighted by Crippen LogP contribution is -2.50. The minimum absolute atomic E-state index is 0.293. The molecule has 2 aliphatic carbocycles. The van der Waals surface area contributed by atoms with Crippen molar-refractivity contribution in [1.82, 2.24) is 5.32 Å². The van der Waals surface area contributed by atoms with Gasteiger partial charge in [-0.3, -0.25) is 5.32 Å². The predicted molar refractivity (Wildman–Crippen MR) is 72.2 cm³/mol. The smallest absolute Gasteiger partial charge is 0.109 e. The lowest BCUT2D eigenvalue weighted by Gasteiger charge is -2.36. The number of nitrogens with one attached hydrogen (secondary N) is 1. The number of hydrogen-bond acceptors (Lipinski definition) is 3. The first-order valence-electron chi connectivity index (χ1n) is 7.58. The topological polar surface area (TPSA) is 45.0 Å². The molecule has 2 saturated carbocycles. The predicted octanol–water partition coefficient (Wildman–Crippen LogP) is 3.15. The molecule has 2 fully saturated rings. The molecule has 2 unspecified atom stereocenters. The molecule has 0 aliphatic heterocycles. The van der Waals surface area contributed by atoms with Crippen molar-refractivity contribution >= 4 is 0 Å². The van der Waals surface area contributed by atoms with E-state index >= 15 is 0 Å². The van der Waals surface area contributed by atoms with Crippen LogP contribution in [0.4, 0.5) is 0 Å². The highest BCUT2D eigenvalue weighted by molar-refractivity contribution is 5.12. The van der Waals surface area contributed by atoms with E-state index in [-0.39, 0.29) is 5.54 Å². The van der Waals surface area contributed by atoms with Crippen LogP contribution in [0.3, 0.4) is 0 Å². The third kappa shape index (κ3) is 3.96. The van der Waals surface area contributed by atoms with Crippen LogP contribution in [0.15, 0.2) is 0 Å². The fraction of sp³-hybridized carbons (Fsp3) is 0.933. The zero-order valence-corrected chi connectivity index (χ0v) is 11.6. The second-order valence-electron chi connectivity index (χ2n) is 5.91. The van der Waals surface area contributed by atoms with Crippen molar-refractivity contribution in [3.8, 4) is 6.07 Å². The summed E-state index contributed by atoms with van der Waals surface area (Å²) in [4.78, 5) is 0. The van der Waals surface area contributed by atoms with Gasteiger partial charge in [-0.2, -0.15) is 5.26 Å². The second kappa shape index (κ2) is 6.54. The number of unbranched alkanes of at least 4 members (excludes halogenated alkanes) is 2. The number of rotatable bonds is 7. The van der Waals surface area contributed by atoms with Crippen LogP contribution < -0.4 is 5.32 Å². The highest BCUT2D eigenvalue weighted by Gasteiger charge is 2.40. The molecule has 0 aromatic rings. The zero-order valence-electron chi connectivity index (χ0n) is 11.6. The Morgan fingerprint density at radius 3 is 2.83 bits per heavy atom. The summed E-state index contributed by atoms with van der Waals surface area (Å²) in [5.41, 5.74) is -0.297. The Bertz CT molecular complexity index is 295. The molecule has 2 rings (SSSR count). The van der Waals surface area contributed by atoms with Crippen molar-refractivity contribution in [3.63, 3.8) is 0 Å². The Morgan fingerprint density at radius 1 is 1.33 bits per heavy atom. The van der Waals surface area contributed by atoms with E-state index in [9.17, 15) is 5.26 Å². The van der Waals surface area contributed by atoms with Gasteiger partial charge < -0.3 is 4.74 Å². The standard InChI is InChI=1S/C15H26N2O/c1-2-3-4-10-18-14-6-5-9-15(11-14,12-16)17-13-7-8-13/h13-14,17H,2-11H2,1H3. The first-order chi connectivity index (χ1) is 8.78. The molecule has 0 saturated heterocycles. The van der Waals surface area contributed by atoms with Crippen molar-refractivity contribution in [1.29, 1.82) is 5.26 Å². The van der Waals surface area contributed by atoms with Gasteiger partial charge in [0.2, 0.25) is 0 Å². The Hall–Kier alpha value is -0.590. The summed E-state index contributed by atoms with van der Waals surface area (Å²) < 4.78 is 5.95. The van der Waals surface area contributed by atoms with E-state index in [1.165, 1.54) is 25.7 Å². The van der Waals surface area contributed by atoms with Crippen molar-refractivity contribution in [2.24, 2.45) is 0 Å². The van der Waals surface area contributed by atoms with Crippen LogP contribution in [-0.4, -0.2) is 24.3 Å². The lowest BCUT2D eigenvalue weighted by molar-refractivity contribution is 0.00712. The van der Waals surface area contributed by atoms with Gasteiger partial charge in [0.05, 0.1) is 12.2 Å². The normalized spacial score (nSPS) is 32.1. The average Bonchev–Trinajstić information content (AvgIpc) is 3.19. The number of nitrogens with zero attached hydrogens (tertiary/aromatic N) is 1. The van der Waals surface area contributed by atoms with Crippen LogP contribution in [0.2, 0.25) is 0 Å². The maximum absolute atomic E-state index is 9.48. The number of nitriles is 1. The zero-order chi connectivity index (χ0) is 12.8. The van der Waals surface area contributed by atoms with Crippen molar-refractivity contribution < 1.29 is 4.74 Å². The second-order valence-corrected chi connectivity index (χ2v) is 5.91. The van der Waals surface area contributed by atoms with Gasteiger partial charge in [-0.15, -0.1) is 0 Å². The Kier molecular flexibility index (Phi) is 5.03. The van der Waals surface area contributed by atoms with E-state index in [2.05, 4.69) is 18.3 Å². The van der Waals surface area contributed by atoms with Crippen LogP contribution in [0.1, 0.15) is 64.7 Å². The van der Waals surface area contributed by atoms with Crippen LogP contribution in [0, 0.1) is 11.3 Å². The molecule has 3 nitrogen and oxygen atoms in total. The Morgan fingerprint density at radius 2 is 2.17 bits per heavy atom. The summed E-state index contributed by atoms with van der Waals surface area (Å²) in [6, 6.07) is 3.13. The summed E-state index contributed by atoms with van der Waals surface area (Å²) in [7, 11) is 0. The highest BCUT2D eigenvalue weighted by atomic mass is 16.5. The summed E-state index contributed by atoms with van der Waals surface area (Å²) >= 11 is 0. The van der Waals surface area contributed by atoms with Gasteiger partial charge in [0, 0.05) is 19.1 Å². The molecule has 1 N–H and O–H groups in total. The van der Waals surface area contributed by atoms with E-state index in [0.717, 1.165) is 38.7 Å². The maximum atomic E-state index is 9.48. The molecule has 0 spiro atoms. The average molecular weight is 250 g/mol. The van der Waals surface area contributed by atoms with E-state index in [0.29, 0.717) is 12.1 Å². The molecule has 102 valence electrons. The SMILES string of the molecule is CCCCCOC1CCCC(C#N)(NC2CC2)C1. The third-order valence-electron chi connectivity index (χ3n) is 4.08. The molecule has 0 heterocycles. The van der Waals surface area contributed by atoms with Crippen LogP contribution in [0.25, 0.3) is 0 Å². The van der Waals surface area contributed by atoms with E-state index in [1.54, 1.807) is 0 Å². The first-order valence-corrected chi connectivity index (χ1v) is 7.58. The van der Waals surface area contributed by atoms with Gasteiger partial charge in [0.15, 0.2) is 0 Å². The summed E-state index contributed by atoms with van der Waals surface area (Å²) in [5, 5.41) is 13.0. The van der Waals surface area contributed by atoms with E-state index in [1.807, 2.05) is 0 Å². The van der Waals surface area contributed by atoms with Gasteiger partial charge >= 0.3 is 0 Å². The van der Waals surface area contributed by atoms with Gasteiger partial charge in [0.1, 0.15) is 5.54 Å². The summed E-state index contributed by atoms with van der Waals surface area (Å²) in [6.07, 6.45) is 10.5. The molecule has 0 aromatic heterocycles. The van der Waals surface area contributed by atoms with E-state index in [4.69, 9.17) is 4.74 Å². The molecular formula is C15H26N2O. The van der Waals surface area contributed by atoms with Crippen molar-refractivity contribution in [2.45, 2.75) is 82.4 Å². The van der Waals surface area contributed by atoms with E-state index < -0.39 is 0 Å². The molecule has 0 aromatic carbocycles. The molecule has 18 heavy (non-hydrogen) atoms. The largest absolute Gasteiger partial charge is 0.378 e. The first kappa shape index (κ1) is 13.8. The molecule has 0 amide bonds. The highest BCUT2D eigenvalue weighted by Crippen LogP contribution is 2.33.